The molecule has 0 aliphatic carbocycles. The van der Waals surface area contributed by atoms with Gasteiger partial charge in [0.25, 0.3) is 0 Å². The number of unbranched alkanes of at least 4 members (excludes halogenated alkanes) is 44. The third-order valence-electron chi connectivity index (χ3n) is 15.6. The first kappa shape index (κ1) is 70.4. The topological polar surface area (TPSA) is 78.9 Å². The normalized spacial score (nSPS) is 12.4. The lowest BCUT2D eigenvalue weighted by atomic mass is 9.99. The van der Waals surface area contributed by atoms with Gasteiger partial charge in [-0.3, -0.25) is 14.4 Å². The maximum absolute atomic E-state index is 12.9. The van der Waals surface area contributed by atoms with Crippen molar-refractivity contribution in [2.45, 2.75) is 381 Å². The summed E-state index contributed by atoms with van der Waals surface area (Å²) in [6, 6.07) is 0. The fourth-order valence-corrected chi connectivity index (χ4v) is 10.3. The van der Waals surface area contributed by atoms with Gasteiger partial charge < -0.3 is 14.2 Å². The molecule has 0 radical (unpaired) electrons. The molecule has 0 saturated carbocycles. The van der Waals surface area contributed by atoms with Crippen LogP contribution in [0.15, 0.2) is 0 Å². The summed E-state index contributed by atoms with van der Waals surface area (Å²) in [4.78, 5) is 38.3. The molecule has 0 amide bonds. The molecule has 2 atom stereocenters. The highest BCUT2D eigenvalue weighted by atomic mass is 16.6. The number of carbonyl (C=O) groups is 3. The van der Waals surface area contributed by atoms with Crippen LogP contribution in [-0.2, 0) is 28.6 Å². The number of rotatable bonds is 60. The summed E-state index contributed by atoms with van der Waals surface area (Å²) in [6.45, 7) is 11.5. The van der Waals surface area contributed by atoms with E-state index in [9.17, 15) is 14.4 Å². The van der Waals surface area contributed by atoms with Crippen LogP contribution in [0.25, 0.3) is 0 Å². The van der Waals surface area contributed by atoms with Crippen molar-refractivity contribution >= 4 is 17.9 Å². The highest BCUT2D eigenvalue weighted by Crippen LogP contribution is 2.19. The Kier molecular flexibility index (Phi) is 57.4. The molecule has 0 aliphatic heterocycles. The molecule has 0 saturated heterocycles. The Morgan fingerprint density at radius 2 is 0.528 bits per heavy atom. The van der Waals surface area contributed by atoms with Gasteiger partial charge in [0.2, 0.25) is 0 Å². The van der Waals surface area contributed by atoms with Gasteiger partial charge in [-0.15, -0.1) is 0 Å². The molecule has 0 rings (SSSR count). The summed E-state index contributed by atoms with van der Waals surface area (Å²) < 4.78 is 16.9. The van der Waals surface area contributed by atoms with E-state index in [0.29, 0.717) is 19.3 Å². The van der Waals surface area contributed by atoms with Crippen molar-refractivity contribution in [3.63, 3.8) is 0 Å². The number of esters is 3. The van der Waals surface area contributed by atoms with Crippen molar-refractivity contribution in [2.24, 2.45) is 11.8 Å². The number of hydrogen-bond acceptors (Lipinski definition) is 6. The van der Waals surface area contributed by atoms with Crippen LogP contribution in [0.5, 0.6) is 0 Å². The molecule has 72 heavy (non-hydrogen) atoms. The van der Waals surface area contributed by atoms with Gasteiger partial charge in [-0.05, 0) is 31.1 Å². The van der Waals surface area contributed by atoms with E-state index in [2.05, 4.69) is 34.6 Å². The molecule has 428 valence electrons. The van der Waals surface area contributed by atoms with E-state index in [1.54, 1.807) is 0 Å². The smallest absolute Gasteiger partial charge is 0.306 e. The molecule has 0 aromatic rings. The molecule has 6 nitrogen and oxygen atoms in total. The van der Waals surface area contributed by atoms with Crippen molar-refractivity contribution < 1.29 is 28.6 Å². The molecular formula is C66H128O6. The molecular weight excluding hydrogens is 889 g/mol. The van der Waals surface area contributed by atoms with Gasteiger partial charge >= 0.3 is 17.9 Å². The van der Waals surface area contributed by atoms with Gasteiger partial charge in [0, 0.05) is 19.3 Å². The van der Waals surface area contributed by atoms with Crippen LogP contribution in [0.2, 0.25) is 0 Å². The van der Waals surface area contributed by atoms with Gasteiger partial charge in [-0.1, -0.05) is 336 Å². The summed E-state index contributed by atoms with van der Waals surface area (Å²) >= 11 is 0. The number of ether oxygens (including phenoxy) is 3. The van der Waals surface area contributed by atoms with E-state index in [1.807, 2.05) is 0 Å². The third-order valence-corrected chi connectivity index (χ3v) is 15.6. The molecule has 0 N–H and O–H groups in total. The summed E-state index contributed by atoms with van der Waals surface area (Å²) in [6.07, 6.45) is 65.4. The van der Waals surface area contributed by atoms with Crippen LogP contribution in [0, 0.1) is 11.8 Å². The Morgan fingerprint density at radius 1 is 0.292 bits per heavy atom. The molecule has 1 unspecified atom stereocenters. The Balaban J connectivity index is 4.20. The van der Waals surface area contributed by atoms with Crippen LogP contribution < -0.4 is 0 Å². The predicted octanol–water partition coefficient (Wildman–Crippen LogP) is 22.0. The van der Waals surface area contributed by atoms with E-state index < -0.39 is 6.10 Å². The summed E-state index contributed by atoms with van der Waals surface area (Å²) in [5.41, 5.74) is 0. The molecule has 0 bridgehead atoms. The molecule has 0 fully saturated rings. The minimum atomic E-state index is -0.763. The van der Waals surface area contributed by atoms with Gasteiger partial charge in [0.15, 0.2) is 6.10 Å². The second kappa shape index (κ2) is 58.7. The molecule has 6 heteroatoms. The summed E-state index contributed by atoms with van der Waals surface area (Å²) in [7, 11) is 0. The van der Waals surface area contributed by atoms with E-state index in [4.69, 9.17) is 14.2 Å². The summed E-state index contributed by atoms with van der Waals surface area (Å²) in [5, 5.41) is 0. The summed E-state index contributed by atoms with van der Waals surface area (Å²) in [5.74, 6) is 0.937. The largest absolute Gasteiger partial charge is 0.462 e. The maximum Gasteiger partial charge on any atom is 0.306 e. The Labute approximate surface area is 450 Å². The Bertz CT molecular complexity index is 1110. The second-order valence-electron chi connectivity index (χ2n) is 23.5. The van der Waals surface area contributed by atoms with Crippen LogP contribution in [0.3, 0.4) is 0 Å². The molecule has 0 aromatic heterocycles. The first-order valence-electron chi connectivity index (χ1n) is 32.8. The van der Waals surface area contributed by atoms with Crippen molar-refractivity contribution in [3.8, 4) is 0 Å². The minimum Gasteiger partial charge on any atom is -0.462 e. The van der Waals surface area contributed by atoms with E-state index in [-0.39, 0.29) is 31.1 Å². The van der Waals surface area contributed by atoms with Gasteiger partial charge in [-0.25, -0.2) is 0 Å². The zero-order valence-electron chi connectivity index (χ0n) is 49.6. The third kappa shape index (κ3) is 57.7. The zero-order valence-corrected chi connectivity index (χ0v) is 49.6. The van der Waals surface area contributed by atoms with E-state index in [0.717, 1.165) is 69.6 Å². The highest BCUT2D eigenvalue weighted by molar-refractivity contribution is 5.71. The molecule has 0 aromatic carbocycles. The number of hydrogen-bond donors (Lipinski definition) is 0. The fourth-order valence-electron chi connectivity index (χ4n) is 10.3. The second-order valence-corrected chi connectivity index (χ2v) is 23.5. The standard InChI is InChI=1S/C66H128O6/c1-6-8-9-10-11-12-29-36-41-46-51-56-64(67)70-59-63(60-71-65(68)57-52-47-42-37-32-27-23-19-15-13-17-21-25-30-34-39-44-49-54-61(3)4)72-66(69)58-53-48-43-38-33-28-24-20-16-14-18-22-26-31-35-40-45-50-55-62(5)7-2/h61-63H,6-60H2,1-5H3/t62?,63-/m0/s1. The molecule has 0 aliphatic rings. The first-order chi connectivity index (χ1) is 35.3. The van der Waals surface area contributed by atoms with Crippen molar-refractivity contribution in [2.75, 3.05) is 13.2 Å². The Morgan fingerprint density at radius 3 is 0.792 bits per heavy atom. The quantitative estimate of drug-likeness (QED) is 0.0343. The highest BCUT2D eigenvalue weighted by Gasteiger charge is 2.19. The first-order valence-corrected chi connectivity index (χ1v) is 32.8. The lowest BCUT2D eigenvalue weighted by Gasteiger charge is -2.18. The van der Waals surface area contributed by atoms with Crippen molar-refractivity contribution in [3.05, 3.63) is 0 Å². The van der Waals surface area contributed by atoms with Crippen molar-refractivity contribution in [1.29, 1.82) is 0 Å². The van der Waals surface area contributed by atoms with Gasteiger partial charge in [0.05, 0.1) is 0 Å². The van der Waals surface area contributed by atoms with Crippen LogP contribution in [-0.4, -0.2) is 37.2 Å². The van der Waals surface area contributed by atoms with Gasteiger partial charge in [0.1, 0.15) is 13.2 Å². The average molecular weight is 1020 g/mol. The lowest BCUT2D eigenvalue weighted by Crippen LogP contribution is -2.30. The maximum atomic E-state index is 12.9. The van der Waals surface area contributed by atoms with Gasteiger partial charge in [-0.2, -0.15) is 0 Å². The lowest BCUT2D eigenvalue weighted by molar-refractivity contribution is -0.167. The van der Waals surface area contributed by atoms with Crippen LogP contribution in [0.4, 0.5) is 0 Å². The van der Waals surface area contributed by atoms with Crippen LogP contribution in [0.1, 0.15) is 375 Å². The predicted molar refractivity (Wildman–Crippen MR) is 312 cm³/mol. The monoisotopic (exact) mass is 1020 g/mol. The zero-order chi connectivity index (χ0) is 52.5. The minimum absolute atomic E-state index is 0.0617. The fraction of sp³-hybridized carbons (Fsp3) is 0.955. The van der Waals surface area contributed by atoms with Crippen molar-refractivity contribution in [1.82, 2.24) is 0 Å². The molecule has 0 heterocycles. The number of carbonyl (C=O) groups excluding carboxylic acids is 3. The average Bonchev–Trinajstić information content (AvgIpc) is 3.37. The van der Waals surface area contributed by atoms with E-state index >= 15 is 0 Å². The van der Waals surface area contributed by atoms with E-state index in [1.165, 1.54) is 263 Å². The molecule has 0 spiro atoms. The SMILES string of the molecule is CCCCCCCCCCCCCC(=O)OC[C@@H](COC(=O)CCCCCCCCCCCCCCCCCCCCC(C)C)OC(=O)CCCCCCCCCCCCCCCCCCCCC(C)CC. The van der Waals surface area contributed by atoms with Crippen LogP contribution >= 0.6 is 0 Å². The Hall–Kier alpha value is -1.59.